The molecule has 0 radical (unpaired) electrons. The molecule has 112 valence electrons. The molecule has 0 saturated heterocycles. The molecule has 1 fully saturated rings. The summed E-state index contributed by atoms with van der Waals surface area (Å²) in [5.41, 5.74) is 1.24. The summed E-state index contributed by atoms with van der Waals surface area (Å²) in [7, 11) is 0. The number of oxazole rings is 1. The second kappa shape index (κ2) is 5.73. The summed E-state index contributed by atoms with van der Waals surface area (Å²) in [5.74, 6) is -0.465. The third-order valence-corrected chi connectivity index (χ3v) is 3.77. The minimum atomic E-state index is -0.441. The standard InChI is InChI=1S/C15H18N2O4/c18-10-9-16(11-5-6-11)14(19)7-8-17-12-3-1-2-4-13(12)21-15(17)20/h1-4,11,18H,5-10H2. The monoisotopic (exact) mass is 290 g/mol. The maximum Gasteiger partial charge on any atom is 0.419 e. The van der Waals surface area contributed by atoms with Crippen molar-refractivity contribution in [3.8, 4) is 0 Å². The van der Waals surface area contributed by atoms with Crippen molar-refractivity contribution in [3.63, 3.8) is 0 Å². The molecule has 2 aromatic rings. The Morgan fingerprint density at radius 3 is 2.86 bits per heavy atom. The summed E-state index contributed by atoms with van der Waals surface area (Å²) in [6.45, 7) is 0.630. The van der Waals surface area contributed by atoms with Gasteiger partial charge >= 0.3 is 5.76 Å². The van der Waals surface area contributed by atoms with Crippen LogP contribution in [0.1, 0.15) is 19.3 Å². The first kappa shape index (κ1) is 13.9. The van der Waals surface area contributed by atoms with Crippen molar-refractivity contribution in [1.82, 2.24) is 9.47 Å². The second-order valence-corrected chi connectivity index (χ2v) is 5.28. The Balaban J connectivity index is 1.72. The van der Waals surface area contributed by atoms with E-state index in [4.69, 9.17) is 9.52 Å². The third kappa shape index (κ3) is 2.85. The highest BCUT2D eigenvalue weighted by Crippen LogP contribution is 2.27. The van der Waals surface area contributed by atoms with Crippen LogP contribution in [-0.2, 0) is 11.3 Å². The number of para-hydroxylation sites is 2. The molecule has 0 bridgehead atoms. The molecule has 21 heavy (non-hydrogen) atoms. The number of aromatic nitrogens is 1. The molecule has 1 saturated carbocycles. The van der Waals surface area contributed by atoms with Gasteiger partial charge in [-0.05, 0) is 25.0 Å². The first-order chi connectivity index (χ1) is 10.2. The van der Waals surface area contributed by atoms with Gasteiger partial charge < -0.3 is 14.4 Å². The number of amides is 1. The molecule has 1 aliphatic rings. The Labute approximate surface area is 121 Å². The van der Waals surface area contributed by atoms with Crippen LogP contribution in [0, 0.1) is 0 Å². The van der Waals surface area contributed by atoms with E-state index < -0.39 is 5.76 Å². The lowest BCUT2D eigenvalue weighted by Gasteiger charge is -2.21. The zero-order chi connectivity index (χ0) is 14.8. The van der Waals surface area contributed by atoms with Crippen molar-refractivity contribution >= 4 is 17.0 Å². The molecule has 0 atom stereocenters. The van der Waals surface area contributed by atoms with Gasteiger partial charge in [-0.1, -0.05) is 12.1 Å². The maximum atomic E-state index is 12.2. The van der Waals surface area contributed by atoms with Gasteiger partial charge in [0.1, 0.15) is 0 Å². The summed E-state index contributed by atoms with van der Waals surface area (Å²) in [5, 5.41) is 9.04. The molecule has 3 rings (SSSR count). The van der Waals surface area contributed by atoms with Gasteiger partial charge in [0, 0.05) is 25.6 Å². The molecule has 0 spiro atoms. The van der Waals surface area contributed by atoms with Crippen molar-refractivity contribution in [1.29, 1.82) is 0 Å². The lowest BCUT2D eigenvalue weighted by Crippen LogP contribution is -2.36. The largest absolute Gasteiger partial charge is 0.419 e. The van der Waals surface area contributed by atoms with E-state index >= 15 is 0 Å². The molecule has 0 aliphatic heterocycles. The predicted octanol–water partition coefficient (Wildman–Crippen LogP) is 0.968. The summed E-state index contributed by atoms with van der Waals surface area (Å²) in [6.07, 6.45) is 2.24. The minimum absolute atomic E-state index is 0.0243. The van der Waals surface area contributed by atoms with Gasteiger partial charge in [0.15, 0.2) is 5.58 Å². The van der Waals surface area contributed by atoms with Gasteiger partial charge in [-0.15, -0.1) is 0 Å². The van der Waals surface area contributed by atoms with Crippen molar-refractivity contribution < 1.29 is 14.3 Å². The van der Waals surface area contributed by atoms with Crippen LogP contribution >= 0.6 is 0 Å². The van der Waals surface area contributed by atoms with Gasteiger partial charge in [-0.25, -0.2) is 4.79 Å². The van der Waals surface area contributed by atoms with Gasteiger partial charge in [-0.2, -0.15) is 0 Å². The smallest absolute Gasteiger partial charge is 0.408 e. The summed E-state index contributed by atoms with van der Waals surface area (Å²) in [4.78, 5) is 25.8. The molecule has 6 nitrogen and oxygen atoms in total. The van der Waals surface area contributed by atoms with E-state index in [0.29, 0.717) is 24.2 Å². The fraction of sp³-hybridized carbons (Fsp3) is 0.467. The number of carbonyl (C=O) groups is 1. The zero-order valence-electron chi connectivity index (χ0n) is 11.7. The Kier molecular flexibility index (Phi) is 3.79. The molecular weight excluding hydrogens is 272 g/mol. The van der Waals surface area contributed by atoms with E-state index in [-0.39, 0.29) is 25.0 Å². The second-order valence-electron chi connectivity index (χ2n) is 5.28. The quantitative estimate of drug-likeness (QED) is 0.860. The fourth-order valence-electron chi connectivity index (χ4n) is 2.58. The number of rotatable bonds is 6. The van der Waals surface area contributed by atoms with Crippen LogP contribution in [0.25, 0.3) is 11.1 Å². The lowest BCUT2D eigenvalue weighted by atomic mass is 10.3. The summed E-state index contributed by atoms with van der Waals surface area (Å²) in [6, 6.07) is 7.44. The van der Waals surface area contributed by atoms with Gasteiger partial charge in [0.05, 0.1) is 12.1 Å². The van der Waals surface area contributed by atoms with Crippen molar-refractivity contribution in [3.05, 3.63) is 34.8 Å². The van der Waals surface area contributed by atoms with Crippen LogP contribution in [-0.4, -0.2) is 39.7 Å². The number of hydrogen-bond acceptors (Lipinski definition) is 4. The molecule has 1 N–H and O–H groups in total. The predicted molar refractivity (Wildman–Crippen MR) is 76.9 cm³/mol. The van der Waals surface area contributed by atoms with E-state index in [2.05, 4.69) is 0 Å². The van der Waals surface area contributed by atoms with Crippen LogP contribution in [0.15, 0.2) is 33.5 Å². The third-order valence-electron chi connectivity index (χ3n) is 3.77. The van der Waals surface area contributed by atoms with Crippen molar-refractivity contribution in [2.75, 3.05) is 13.2 Å². The fourth-order valence-corrected chi connectivity index (χ4v) is 2.58. The number of nitrogens with zero attached hydrogens (tertiary/aromatic N) is 2. The number of fused-ring (bicyclic) bond motifs is 1. The molecule has 1 amide bonds. The normalized spacial score (nSPS) is 14.5. The van der Waals surface area contributed by atoms with E-state index in [1.807, 2.05) is 6.07 Å². The van der Waals surface area contributed by atoms with Crippen LogP contribution in [0.4, 0.5) is 0 Å². The highest BCUT2D eigenvalue weighted by molar-refractivity contribution is 5.77. The number of aryl methyl sites for hydroxylation is 1. The van der Waals surface area contributed by atoms with E-state index in [9.17, 15) is 9.59 Å². The highest BCUT2D eigenvalue weighted by atomic mass is 16.4. The van der Waals surface area contributed by atoms with Gasteiger partial charge in [0.25, 0.3) is 0 Å². The maximum absolute atomic E-state index is 12.2. The average molecular weight is 290 g/mol. The number of aliphatic hydroxyl groups is 1. The van der Waals surface area contributed by atoms with E-state index in [0.717, 1.165) is 12.8 Å². The number of benzene rings is 1. The molecule has 6 heteroatoms. The first-order valence-corrected chi connectivity index (χ1v) is 7.19. The lowest BCUT2D eigenvalue weighted by molar-refractivity contribution is -0.132. The SMILES string of the molecule is O=C(CCn1c(=O)oc2ccccc21)N(CCO)C1CC1. The Hall–Kier alpha value is -2.08. The van der Waals surface area contributed by atoms with E-state index in [1.165, 1.54) is 4.57 Å². The van der Waals surface area contributed by atoms with Crippen LogP contribution in [0.2, 0.25) is 0 Å². The van der Waals surface area contributed by atoms with Crippen molar-refractivity contribution in [2.45, 2.75) is 31.8 Å². The first-order valence-electron chi connectivity index (χ1n) is 7.19. The summed E-state index contributed by atoms with van der Waals surface area (Å²) < 4.78 is 6.62. The Bertz CT molecular complexity index is 699. The minimum Gasteiger partial charge on any atom is -0.408 e. The van der Waals surface area contributed by atoms with Crippen LogP contribution in [0.5, 0.6) is 0 Å². The average Bonchev–Trinajstić information content (AvgIpc) is 3.26. The number of aliphatic hydroxyl groups excluding tert-OH is 1. The zero-order valence-corrected chi connectivity index (χ0v) is 11.7. The van der Waals surface area contributed by atoms with Crippen molar-refractivity contribution in [2.24, 2.45) is 0 Å². The molecule has 1 aliphatic carbocycles. The number of carbonyl (C=O) groups excluding carboxylic acids is 1. The Morgan fingerprint density at radius 2 is 2.14 bits per heavy atom. The van der Waals surface area contributed by atoms with Crippen LogP contribution in [0.3, 0.4) is 0 Å². The van der Waals surface area contributed by atoms with E-state index in [1.54, 1.807) is 23.1 Å². The van der Waals surface area contributed by atoms with Gasteiger partial charge in [-0.3, -0.25) is 9.36 Å². The molecule has 1 heterocycles. The van der Waals surface area contributed by atoms with Crippen LogP contribution < -0.4 is 5.76 Å². The van der Waals surface area contributed by atoms with Gasteiger partial charge in [0.2, 0.25) is 5.91 Å². The molecule has 1 aromatic carbocycles. The highest BCUT2D eigenvalue weighted by Gasteiger charge is 2.31. The number of hydrogen-bond donors (Lipinski definition) is 1. The molecular formula is C15H18N2O4. The molecule has 0 unspecified atom stereocenters. The molecule has 1 aromatic heterocycles. The Morgan fingerprint density at radius 1 is 1.38 bits per heavy atom. The topological polar surface area (TPSA) is 75.7 Å². The summed E-state index contributed by atoms with van der Waals surface area (Å²) >= 11 is 0.